The lowest BCUT2D eigenvalue weighted by Gasteiger charge is -2.11. The first-order valence-electron chi connectivity index (χ1n) is 7.67. The maximum atomic E-state index is 12.1. The number of fused-ring (bicyclic) bond motifs is 1. The first-order chi connectivity index (χ1) is 11.1. The van der Waals surface area contributed by atoms with Gasteiger partial charge >= 0.3 is 6.03 Å². The number of aryl methyl sites for hydroxylation is 2. The monoisotopic (exact) mass is 309 g/mol. The minimum atomic E-state index is -0.284. The molecule has 0 unspecified atom stereocenters. The maximum absolute atomic E-state index is 12.1. The zero-order valence-electron chi connectivity index (χ0n) is 13.0. The van der Waals surface area contributed by atoms with Crippen LogP contribution >= 0.6 is 0 Å². The first kappa shape index (κ1) is 15.1. The van der Waals surface area contributed by atoms with Gasteiger partial charge < -0.3 is 16.0 Å². The van der Waals surface area contributed by atoms with Crippen molar-refractivity contribution in [1.29, 1.82) is 0 Å². The summed E-state index contributed by atoms with van der Waals surface area (Å²) >= 11 is 0. The summed E-state index contributed by atoms with van der Waals surface area (Å²) in [6.07, 6.45) is 2.17. The van der Waals surface area contributed by atoms with Crippen LogP contribution in [0.3, 0.4) is 0 Å². The van der Waals surface area contributed by atoms with Crippen LogP contribution in [0.5, 0.6) is 0 Å². The number of rotatable bonds is 2. The third-order valence-electron chi connectivity index (χ3n) is 3.76. The molecule has 5 nitrogen and oxygen atoms in total. The van der Waals surface area contributed by atoms with Crippen molar-refractivity contribution in [1.82, 2.24) is 0 Å². The Morgan fingerprint density at radius 1 is 1.04 bits per heavy atom. The second-order valence-electron chi connectivity index (χ2n) is 5.72. The van der Waals surface area contributed by atoms with Gasteiger partial charge in [0.1, 0.15) is 0 Å². The van der Waals surface area contributed by atoms with E-state index in [9.17, 15) is 9.59 Å². The Morgan fingerprint density at radius 3 is 2.61 bits per heavy atom. The Balaban J connectivity index is 1.69. The van der Waals surface area contributed by atoms with Gasteiger partial charge in [-0.25, -0.2) is 4.79 Å². The number of urea groups is 1. The predicted molar refractivity (Wildman–Crippen MR) is 91.8 cm³/mol. The molecule has 2 aromatic rings. The molecule has 0 saturated heterocycles. The van der Waals surface area contributed by atoms with Crippen molar-refractivity contribution < 1.29 is 9.59 Å². The Bertz CT molecular complexity index is 756. The van der Waals surface area contributed by atoms with E-state index < -0.39 is 0 Å². The normalized spacial score (nSPS) is 13.5. The van der Waals surface area contributed by atoms with Gasteiger partial charge in [-0.3, -0.25) is 4.79 Å². The van der Waals surface area contributed by atoms with Gasteiger partial charge in [-0.05, 0) is 61.2 Å². The molecule has 0 aromatic heterocycles. The van der Waals surface area contributed by atoms with E-state index in [2.05, 4.69) is 16.0 Å². The molecule has 0 saturated carbocycles. The van der Waals surface area contributed by atoms with Crippen molar-refractivity contribution in [2.24, 2.45) is 0 Å². The van der Waals surface area contributed by atoms with Gasteiger partial charge in [0, 0.05) is 23.5 Å². The molecule has 2 aromatic carbocycles. The molecular formula is C18H19N3O2. The van der Waals surface area contributed by atoms with Crippen molar-refractivity contribution in [3.05, 3.63) is 53.6 Å². The van der Waals surface area contributed by atoms with E-state index in [1.807, 2.05) is 43.3 Å². The Labute approximate surface area is 135 Å². The molecular weight excluding hydrogens is 290 g/mol. The largest absolute Gasteiger partial charge is 0.326 e. The standard InChI is InChI=1S/C18H19N3O2/c1-12-4-2-6-14(10-12)19-18(23)20-15-8-9-16-13(11-15)5-3-7-17(22)21-16/h2,4,6,8-11H,3,5,7H2,1H3,(H,21,22)(H2,19,20,23). The first-order valence-corrected chi connectivity index (χ1v) is 7.67. The van der Waals surface area contributed by atoms with Gasteiger partial charge in [0.2, 0.25) is 5.91 Å². The second-order valence-corrected chi connectivity index (χ2v) is 5.72. The summed E-state index contributed by atoms with van der Waals surface area (Å²) in [6.45, 7) is 1.98. The molecule has 1 aliphatic rings. The lowest BCUT2D eigenvalue weighted by molar-refractivity contribution is -0.116. The number of carbonyl (C=O) groups is 2. The summed E-state index contributed by atoms with van der Waals surface area (Å²) in [7, 11) is 0. The van der Waals surface area contributed by atoms with E-state index in [0.717, 1.165) is 35.3 Å². The SMILES string of the molecule is Cc1cccc(NC(=O)Nc2ccc3c(c2)CCCC(=O)N3)c1. The third kappa shape index (κ3) is 3.88. The highest BCUT2D eigenvalue weighted by atomic mass is 16.2. The van der Waals surface area contributed by atoms with Gasteiger partial charge in [-0.1, -0.05) is 12.1 Å². The van der Waals surface area contributed by atoms with E-state index >= 15 is 0 Å². The quantitative estimate of drug-likeness (QED) is 0.787. The minimum Gasteiger partial charge on any atom is -0.326 e. The van der Waals surface area contributed by atoms with E-state index in [1.54, 1.807) is 6.07 Å². The Hall–Kier alpha value is -2.82. The fourth-order valence-corrected chi connectivity index (χ4v) is 2.67. The molecule has 0 spiro atoms. The molecule has 5 heteroatoms. The zero-order chi connectivity index (χ0) is 16.2. The summed E-state index contributed by atoms with van der Waals surface area (Å²) in [5.41, 5.74) is 4.43. The van der Waals surface area contributed by atoms with E-state index in [4.69, 9.17) is 0 Å². The summed E-state index contributed by atoms with van der Waals surface area (Å²) in [6, 6.07) is 12.9. The molecule has 0 atom stereocenters. The summed E-state index contributed by atoms with van der Waals surface area (Å²) < 4.78 is 0. The molecule has 23 heavy (non-hydrogen) atoms. The molecule has 0 radical (unpaired) electrons. The molecule has 118 valence electrons. The van der Waals surface area contributed by atoms with Crippen LogP contribution in [0, 0.1) is 6.92 Å². The van der Waals surface area contributed by atoms with Crippen LogP contribution in [0.1, 0.15) is 24.0 Å². The van der Waals surface area contributed by atoms with Crippen molar-refractivity contribution >= 4 is 29.0 Å². The number of amides is 3. The maximum Gasteiger partial charge on any atom is 0.323 e. The highest BCUT2D eigenvalue weighted by Crippen LogP contribution is 2.25. The van der Waals surface area contributed by atoms with Gasteiger partial charge in [-0.2, -0.15) is 0 Å². The highest BCUT2D eigenvalue weighted by Gasteiger charge is 2.13. The average Bonchev–Trinajstić information content (AvgIpc) is 2.67. The van der Waals surface area contributed by atoms with Crippen LogP contribution in [0.15, 0.2) is 42.5 Å². The number of nitrogens with one attached hydrogen (secondary N) is 3. The summed E-state index contributed by atoms with van der Waals surface area (Å²) in [4.78, 5) is 23.6. The highest BCUT2D eigenvalue weighted by molar-refractivity contribution is 6.00. The van der Waals surface area contributed by atoms with Crippen LogP contribution in [-0.4, -0.2) is 11.9 Å². The zero-order valence-corrected chi connectivity index (χ0v) is 13.0. The average molecular weight is 309 g/mol. The van der Waals surface area contributed by atoms with Crippen LogP contribution in [0.25, 0.3) is 0 Å². The van der Waals surface area contributed by atoms with Crippen molar-refractivity contribution in [3.8, 4) is 0 Å². The van der Waals surface area contributed by atoms with Gasteiger partial charge in [0.05, 0.1) is 0 Å². The molecule has 0 fully saturated rings. The van der Waals surface area contributed by atoms with Crippen LogP contribution in [-0.2, 0) is 11.2 Å². The van der Waals surface area contributed by atoms with E-state index in [-0.39, 0.29) is 11.9 Å². The predicted octanol–water partition coefficient (Wildman–Crippen LogP) is 3.91. The number of hydrogen-bond donors (Lipinski definition) is 3. The van der Waals surface area contributed by atoms with E-state index in [0.29, 0.717) is 12.1 Å². The molecule has 0 bridgehead atoms. The number of hydrogen-bond acceptors (Lipinski definition) is 2. The van der Waals surface area contributed by atoms with Crippen LogP contribution in [0.2, 0.25) is 0 Å². The van der Waals surface area contributed by atoms with Crippen molar-refractivity contribution in [2.45, 2.75) is 26.2 Å². The molecule has 1 heterocycles. The van der Waals surface area contributed by atoms with Gasteiger partial charge in [-0.15, -0.1) is 0 Å². The van der Waals surface area contributed by atoms with Crippen LogP contribution < -0.4 is 16.0 Å². The lowest BCUT2D eigenvalue weighted by atomic mass is 10.1. The number of anilines is 3. The topological polar surface area (TPSA) is 70.2 Å². The molecule has 1 aliphatic heterocycles. The number of carbonyl (C=O) groups excluding carboxylic acids is 2. The minimum absolute atomic E-state index is 0.0432. The Morgan fingerprint density at radius 2 is 1.83 bits per heavy atom. The van der Waals surface area contributed by atoms with Crippen molar-refractivity contribution in [2.75, 3.05) is 16.0 Å². The lowest BCUT2D eigenvalue weighted by Crippen LogP contribution is -2.19. The fraction of sp³-hybridized carbons (Fsp3) is 0.222. The molecule has 3 N–H and O–H groups in total. The summed E-state index contributed by atoms with van der Waals surface area (Å²) in [5, 5.41) is 8.52. The van der Waals surface area contributed by atoms with Gasteiger partial charge in [0.15, 0.2) is 0 Å². The number of benzene rings is 2. The molecule has 3 rings (SSSR count). The smallest absolute Gasteiger partial charge is 0.323 e. The third-order valence-corrected chi connectivity index (χ3v) is 3.76. The van der Waals surface area contributed by atoms with Gasteiger partial charge in [0.25, 0.3) is 0 Å². The molecule has 0 aliphatic carbocycles. The van der Waals surface area contributed by atoms with Crippen LogP contribution in [0.4, 0.5) is 21.9 Å². The second kappa shape index (κ2) is 6.52. The van der Waals surface area contributed by atoms with E-state index in [1.165, 1.54) is 0 Å². The Kier molecular flexibility index (Phi) is 4.28. The summed E-state index contributed by atoms with van der Waals surface area (Å²) in [5.74, 6) is 0.0432. The molecule has 3 amide bonds. The fourth-order valence-electron chi connectivity index (χ4n) is 2.67. The van der Waals surface area contributed by atoms with Crippen molar-refractivity contribution in [3.63, 3.8) is 0 Å².